The first kappa shape index (κ1) is 21.6. The summed E-state index contributed by atoms with van der Waals surface area (Å²) in [5.74, 6) is -1.50. The standard InChI is InChI=1S/C20H13ClF3N3O5/c21-11-2-4-14-15(8-11)32-19(30)27(14)6-5-17(28)31-9-16-25-13-7-10(20(22,23)24)1-3-12(13)18(29)26-16/h1-4,7-8H,5-6,9H2,(H,25,26,29). The van der Waals surface area contributed by atoms with Gasteiger partial charge in [0.1, 0.15) is 12.4 Å². The van der Waals surface area contributed by atoms with E-state index in [9.17, 15) is 27.6 Å². The highest BCUT2D eigenvalue weighted by molar-refractivity contribution is 6.31. The molecule has 4 aromatic rings. The molecule has 2 aromatic carbocycles. The molecule has 32 heavy (non-hydrogen) atoms. The van der Waals surface area contributed by atoms with E-state index in [2.05, 4.69) is 9.97 Å². The number of aromatic nitrogens is 3. The predicted octanol–water partition coefficient (Wildman–Crippen LogP) is 3.64. The van der Waals surface area contributed by atoms with Crippen molar-refractivity contribution in [1.29, 1.82) is 0 Å². The molecular weight excluding hydrogens is 455 g/mol. The van der Waals surface area contributed by atoms with E-state index in [0.717, 1.165) is 18.2 Å². The van der Waals surface area contributed by atoms with Crippen molar-refractivity contribution in [2.75, 3.05) is 0 Å². The van der Waals surface area contributed by atoms with Gasteiger partial charge in [-0.05, 0) is 30.3 Å². The second kappa shape index (κ2) is 8.15. The van der Waals surface area contributed by atoms with E-state index in [0.29, 0.717) is 10.5 Å². The quantitative estimate of drug-likeness (QED) is 0.449. The molecule has 4 rings (SSSR count). The summed E-state index contributed by atoms with van der Waals surface area (Å²) in [6.07, 6.45) is -4.79. The average molecular weight is 468 g/mol. The molecule has 8 nitrogen and oxygen atoms in total. The molecule has 0 atom stereocenters. The first-order valence-electron chi connectivity index (χ1n) is 9.16. The van der Waals surface area contributed by atoms with Crippen molar-refractivity contribution >= 4 is 39.6 Å². The second-order valence-electron chi connectivity index (χ2n) is 6.78. The van der Waals surface area contributed by atoms with Crippen molar-refractivity contribution in [1.82, 2.24) is 14.5 Å². The minimum Gasteiger partial charge on any atom is -0.457 e. The van der Waals surface area contributed by atoms with Gasteiger partial charge in [0.25, 0.3) is 5.56 Å². The maximum atomic E-state index is 12.9. The molecule has 0 fully saturated rings. The molecule has 12 heteroatoms. The molecule has 0 aliphatic heterocycles. The third-order valence-corrected chi connectivity index (χ3v) is 4.86. The molecule has 1 N–H and O–H groups in total. The lowest BCUT2D eigenvalue weighted by molar-refractivity contribution is -0.145. The molecule has 0 aliphatic carbocycles. The Labute approximate surface area is 181 Å². The van der Waals surface area contributed by atoms with Crippen LogP contribution in [-0.4, -0.2) is 20.5 Å². The number of benzene rings is 2. The lowest BCUT2D eigenvalue weighted by atomic mass is 10.1. The number of aromatic amines is 1. The van der Waals surface area contributed by atoms with Crippen molar-refractivity contribution in [2.45, 2.75) is 25.7 Å². The van der Waals surface area contributed by atoms with Crippen molar-refractivity contribution in [3.8, 4) is 0 Å². The van der Waals surface area contributed by atoms with Crippen LogP contribution in [0.2, 0.25) is 5.02 Å². The number of ether oxygens (including phenoxy) is 1. The van der Waals surface area contributed by atoms with E-state index in [1.165, 1.54) is 10.6 Å². The normalized spacial score (nSPS) is 11.9. The smallest absolute Gasteiger partial charge is 0.419 e. The number of halogens is 4. The van der Waals surface area contributed by atoms with Gasteiger partial charge in [0, 0.05) is 17.6 Å². The maximum absolute atomic E-state index is 12.9. The Hall–Kier alpha value is -3.60. The Kier molecular flexibility index (Phi) is 5.51. The number of hydrogen-bond donors (Lipinski definition) is 1. The van der Waals surface area contributed by atoms with Gasteiger partial charge in [0.05, 0.1) is 28.4 Å². The minimum absolute atomic E-state index is 0.0283. The number of carbonyl (C=O) groups excluding carboxylic acids is 1. The molecule has 0 aliphatic rings. The summed E-state index contributed by atoms with van der Waals surface area (Å²) in [6.45, 7) is -0.500. The van der Waals surface area contributed by atoms with Gasteiger partial charge in [-0.15, -0.1) is 0 Å². The minimum atomic E-state index is -4.59. The number of oxazole rings is 1. The molecule has 0 saturated heterocycles. The number of hydrogen-bond acceptors (Lipinski definition) is 6. The summed E-state index contributed by atoms with van der Waals surface area (Å²) in [7, 11) is 0. The molecule has 2 aromatic heterocycles. The van der Waals surface area contributed by atoms with Gasteiger partial charge in [0.15, 0.2) is 5.58 Å². The maximum Gasteiger partial charge on any atom is 0.419 e. The highest BCUT2D eigenvalue weighted by Gasteiger charge is 2.30. The number of esters is 1. The van der Waals surface area contributed by atoms with Crippen LogP contribution in [-0.2, 0) is 28.9 Å². The van der Waals surface area contributed by atoms with Gasteiger partial charge >= 0.3 is 17.9 Å². The number of nitrogens with one attached hydrogen (secondary N) is 1. The summed E-state index contributed by atoms with van der Waals surface area (Å²) >= 11 is 5.85. The van der Waals surface area contributed by atoms with Crippen LogP contribution >= 0.6 is 11.6 Å². The number of alkyl halides is 3. The fourth-order valence-corrected chi connectivity index (χ4v) is 3.27. The van der Waals surface area contributed by atoms with Crippen LogP contribution in [0.15, 0.2) is 50.4 Å². The summed E-state index contributed by atoms with van der Waals surface area (Å²) in [5.41, 5.74) is -1.07. The van der Waals surface area contributed by atoms with Gasteiger partial charge in [-0.2, -0.15) is 13.2 Å². The summed E-state index contributed by atoms with van der Waals surface area (Å²) in [4.78, 5) is 42.5. The molecular formula is C20H13ClF3N3O5. The topological polar surface area (TPSA) is 107 Å². The van der Waals surface area contributed by atoms with Crippen LogP contribution in [0.3, 0.4) is 0 Å². The second-order valence-corrected chi connectivity index (χ2v) is 7.22. The molecule has 0 saturated carbocycles. The summed E-state index contributed by atoms with van der Waals surface area (Å²) < 4.78 is 50.0. The zero-order valence-corrected chi connectivity index (χ0v) is 16.8. The Balaban J connectivity index is 1.45. The SMILES string of the molecule is O=C(CCn1c(=O)oc2cc(Cl)ccc21)OCc1nc2cc(C(F)(F)F)ccc2c(=O)[nH]1. The first-order chi connectivity index (χ1) is 15.1. The van der Waals surface area contributed by atoms with Gasteiger partial charge in [-0.3, -0.25) is 14.2 Å². The van der Waals surface area contributed by atoms with Gasteiger partial charge in [-0.1, -0.05) is 11.6 Å². The molecule has 0 amide bonds. The average Bonchev–Trinajstić information content (AvgIpc) is 3.03. The van der Waals surface area contributed by atoms with E-state index < -0.39 is 35.6 Å². The number of fused-ring (bicyclic) bond motifs is 2. The monoisotopic (exact) mass is 467 g/mol. The Morgan fingerprint density at radius 1 is 1.19 bits per heavy atom. The number of rotatable bonds is 5. The summed E-state index contributed by atoms with van der Waals surface area (Å²) in [6, 6.07) is 7.18. The fraction of sp³-hybridized carbons (Fsp3) is 0.200. The lowest BCUT2D eigenvalue weighted by Gasteiger charge is -2.08. The first-order valence-corrected chi connectivity index (χ1v) is 9.54. The zero-order valence-electron chi connectivity index (χ0n) is 16.0. The van der Waals surface area contributed by atoms with Crippen LogP contribution in [0.25, 0.3) is 22.0 Å². The van der Waals surface area contributed by atoms with Crippen LogP contribution in [0.1, 0.15) is 17.8 Å². The number of nitrogens with zero attached hydrogens (tertiary/aromatic N) is 2. The number of carbonyl (C=O) groups is 1. The van der Waals surface area contributed by atoms with Crippen molar-refractivity contribution < 1.29 is 27.1 Å². The van der Waals surface area contributed by atoms with Gasteiger partial charge in [0.2, 0.25) is 0 Å². The summed E-state index contributed by atoms with van der Waals surface area (Å²) in [5, 5.41) is 0.358. The van der Waals surface area contributed by atoms with Gasteiger partial charge < -0.3 is 14.1 Å². The van der Waals surface area contributed by atoms with Crippen molar-refractivity contribution in [3.05, 3.63) is 73.7 Å². The van der Waals surface area contributed by atoms with E-state index in [4.69, 9.17) is 20.8 Å². The molecule has 2 heterocycles. The lowest BCUT2D eigenvalue weighted by Crippen LogP contribution is -2.18. The van der Waals surface area contributed by atoms with Crippen LogP contribution in [0.4, 0.5) is 13.2 Å². The van der Waals surface area contributed by atoms with E-state index in [1.54, 1.807) is 12.1 Å². The molecule has 0 radical (unpaired) electrons. The molecule has 0 bridgehead atoms. The van der Waals surface area contributed by atoms with Crippen LogP contribution in [0, 0.1) is 0 Å². The zero-order chi connectivity index (χ0) is 23.0. The van der Waals surface area contributed by atoms with Crippen molar-refractivity contribution in [3.63, 3.8) is 0 Å². The van der Waals surface area contributed by atoms with E-state index >= 15 is 0 Å². The Morgan fingerprint density at radius 3 is 2.72 bits per heavy atom. The fourth-order valence-electron chi connectivity index (χ4n) is 3.11. The third kappa shape index (κ3) is 4.37. The molecule has 0 spiro atoms. The van der Waals surface area contributed by atoms with Crippen LogP contribution in [0.5, 0.6) is 0 Å². The largest absolute Gasteiger partial charge is 0.457 e. The van der Waals surface area contributed by atoms with Crippen LogP contribution < -0.4 is 11.3 Å². The van der Waals surface area contributed by atoms with Crippen molar-refractivity contribution in [2.24, 2.45) is 0 Å². The van der Waals surface area contributed by atoms with Gasteiger partial charge in [-0.25, -0.2) is 9.78 Å². The molecule has 166 valence electrons. The molecule has 0 unspecified atom stereocenters. The number of aryl methyl sites for hydroxylation is 1. The third-order valence-electron chi connectivity index (χ3n) is 4.62. The highest BCUT2D eigenvalue weighted by Crippen LogP contribution is 2.30. The highest BCUT2D eigenvalue weighted by atomic mass is 35.5. The number of H-pyrrole nitrogens is 1. The van der Waals surface area contributed by atoms with E-state index in [-0.39, 0.29) is 35.3 Å². The Bertz CT molecular complexity index is 1460. The predicted molar refractivity (Wildman–Crippen MR) is 107 cm³/mol. The Morgan fingerprint density at radius 2 is 1.97 bits per heavy atom. The van der Waals surface area contributed by atoms with E-state index in [1.807, 2.05) is 0 Å².